The van der Waals surface area contributed by atoms with Crippen LogP contribution in [0, 0.1) is 5.92 Å². The Balaban J connectivity index is 1.49. The van der Waals surface area contributed by atoms with Gasteiger partial charge in [0.15, 0.2) is 0 Å². The van der Waals surface area contributed by atoms with Crippen molar-refractivity contribution in [2.75, 3.05) is 13.2 Å². The van der Waals surface area contributed by atoms with E-state index in [1.165, 1.54) is 4.90 Å². The Morgan fingerprint density at radius 3 is 2.58 bits per heavy atom. The third kappa shape index (κ3) is 3.51. The van der Waals surface area contributed by atoms with Gasteiger partial charge in [-0.3, -0.25) is 9.69 Å². The maximum atomic E-state index is 12.7. The Bertz CT molecular complexity index is 609. The van der Waals surface area contributed by atoms with Gasteiger partial charge in [-0.2, -0.15) is 0 Å². The fraction of sp³-hybridized carbons (Fsp3) is 0.556. The van der Waals surface area contributed by atoms with Crippen LogP contribution in [0.15, 0.2) is 24.3 Å². The number of carbonyl (C=O) groups is 2. The summed E-state index contributed by atoms with van der Waals surface area (Å²) < 4.78 is 5.61. The first-order chi connectivity index (χ1) is 11.5. The Kier molecular flexibility index (Phi) is 4.99. The summed E-state index contributed by atoms with van der Waals surface area (Å²) in [5.74, 6) is 1.29. The van der Waals surface area contributed by atoms with Crippen LogP contribution in [0.1, 0.15) is 39.0 Å². The van der Waals surface area contributed by atoms with Crippen LogP contribution in [0.4, 0.5) is 4.79 Å². The smallest absolute Gasteiger partial charge is 0.325 e. The molecule has 1 aliphatic carbocycles. The maximum absolute atomic E-state index is 12.7. The van der Waals surface area contributed by atoms with Crippen molar-refractivity contribution in [3.05, 3.63) is 29.3 Å². The molecule has 0 radical (unpaired) electrons. The molecule has 0 unspecified atom stereocenters. The molecule has 1 aromatic carbocycles. The zero-order chi connectivity index (χ0) is 17.2. The highest BCUT2D eigenvalue weighted by atomic mass is 35.5. The summed E-state index contributed by atoms with van der Waals surface area (Å²) >= 11 is 5.83. The first-order valence-electron chi connectivity index (χ1n) is 8.53. The largest absolute Gasteiger partial charge is 0.494 e. The minimum Gasteiger partial charge on any atom is -0.494 e. The summed E-state index contributed by atoms with van der Waals surface area (Å²) in [4.78, 5) is 26.2. The van der Waals surface area contributed by atoms with Crippen LogP contribution >= 0.6 is 11.6 Å². The average molecular weight is 351 g/mol. The number of hydrogen-bond acceptors (Lipinski definition) is 3. The van der Waals surface area contributed by atoms with Gasteiger partial charge < -0.3 is 10.1 Å². The molecule has 0 atom stereocenters. The van der Waals surface area contributed by atoms with Gasteiger partial charge in [0.25, 0.3) is 5.91 Å². The summed E-state index contributed by atoms with van der Waals surface area (Å²) in [5, 5.41) is 3.60. The Hall–Kier alpha value is -1.75. The van der Waals surface area contributed by atoms with Gasteiger partial charge in [-0.15, -0.1) is 0 Å². The SMILES string of the molecule is CC1CCC2(CC1)NC(=O)N(CCCOc1ccc(Cl)cc1)C2=O. The van der Waals surface area contributed by atoms with Gasteiger partial charge in [0.2, 0.25) is 0 Å². The monoisotopic (exact) mass is 350 g/mol. The predicted molar refractivity (Wildman–Crippen MR) is 92.2 cm³/mol. The minimum atomic E-state index is -0.652. The number of rotatable bonds is 5. The van der Waals surface area contributed by atoms with Gasteiger partial charge in [0, 0.05) is 11.6 Å². The van der Waals surface area contributed by atoms with Gasteiger partial charge in [-0.25, -0.2) is 4.79 Å². The summed E-state index contributed by atoms with van der Waals surface area (Å²) in [6.45, 7) is 3.03. The molecule has 3 rings (SSSR count). The first-order valence-corrected chi connectivity index (χ1v) is 8.90. The van der Waals surface area contributed by atoms with Gasteiger partial charge >= 0.3 is 6.03 Å². The third-order valence-electron chi connectivity index (χ3n) is 4.98. The second-order valence-corrected chi connectivity index (χ2v) is 7.24. The second kappa shape index (κ2) is 7.01. The van der Waals surface area contributed by atoms with Crippen LogP contribution in [-0.2, 0) is 4.79 Å². The molecule has 2 fully saturated rings. The molecule has 3 amide bonds. The summed E-state index contributed by atoms with van der Waals surface area (Å²) in [7, 11) is 0. The number of imide groups is 1. The van der Waals surface area contributed by atoms with Crippen molar-refractivity contribution in [2.24, 2.45) is 5.92 Å². The number of nitrogens with zero attached hydrogens (tertiary/aromatic N) is 1. The maximum Gasteiger partial charge on any atom is 0.325 e. The number of urea groups is 1. The highest BCUT2D eigenvalue weighted by molar-refractivity contribution is 6.30. The Morgan fingerprint density at radius 1 is 1.25 bits per heavy atom. The van der Waals surface area contributed by atoms with Crippen LogP contribution < -0.4 is 10.1 Å². The molecule has 6 heteroatoms. The van der Waals surface area contributed by atoms with Gasteiger partial charge in [0.1, 0.15) is 11.3 Å². The van der Waals surface area contributed by atoms with Crippen molar-refractivity contribution in [3.63, 3.8) is 0 Å². The lowest BCUT2D eigenvalue weighted by Gasteiger charge is -2.33. The third-order valence-corrected chi connectivity index (χ3v) is 5.23. The second-order valence-electron chi connectivity index (χ2n) is 6.81. The zero-order valence-electron chi connectivity index (χ0n) is 13.9. The topological polar surface area (TPSA) is 58.6 Å². The molecule has 1 aliphatic heterocycles. The number of nitrogens with one attached hydrogen (secondary N) is 1. The highest BCUT2D eigenvalue weighted by Crippen LogP contribution is 2.36. The number of halogens is 1. The van der Waals surface area contributed by atoms with Crippen molar-refractivity contribution in [3.8, 4) is 5.75 Å². The quantitative estimate of drug-likeness (QED) is 0.652. The van der Waals surface area contributed by atoms with E-state index in [1.54, 1.807) is 24.3 Å². The fourth-order valence-corrected chi connectivity index (χ4v) is 3.54. The molecule has 0 aromatic heterocycles. The van der Waals surface area contributed by atoms with Crippen molar-refractivity contribution in [1.82, 2.24) is 10.2 Å². The molecule has 24 heavy (non-hydrogen) atoms. The average Bonchev–Trinajstić information content (AvgIpc) is 2.80. The summed E-state index contributed by atoms with van der Waals surface area (Å²) in [6.07, 6.45) is 4.07. The minimum absolute atomic E-state index is 0.0640. The molecule has 1 aromatic rings. The number of ether oxygens (including phenoxy) is 1. The molecular formula is C18H23ClN2O3. The van der Waals surface area contributed by atoms with E-state index < -0.39 is 5.54 Å². The van der Waals surface area contributed by atoms with E-state index in [0.29, 0.717) is 30.5 Å². The number of amides is 3. The molecule has 2 aliphatic rings. The number of carbonyl (C=O) groups excluding carboxylic acids is 2. The highest BCUT2D eigenvalue weighted by Gasteiger charge is 2.51. The van der Waals surface area contributed by atoms with E-state index in [-0.39, 0.29) is 11.9 Å². The van der Waals surface area contributed by atoms with E-state index in [1.807, 2.05) is 0 Å². The lowest BCUT2D eigenvalue weighted by molar-refractivity contribution is -0.132. The fourth-order valence-electron chi connectivity index (χ4n) is 3.42. The molecular weight excluding hydrogens is 328 g/mol. The van der Waals surface area contributed by atoms with E-state index in [2.05, 4.69) is 12.2 Å². The zero-order valence-corrected chi connectivity index (χ0v) is 14.6. The van der Waals surface area contributed by atoms with Crippen molar-refractivity contribution in [1.29, 1.82) is 0 Å². The van der Waals surface area contributed by atoms with Gasteiger partial charge in [0.05, 0.1) is 6.61 Å². The van der Waals surface area contributed by atoms with E-state index in [4.69, 9.17) is 16.3 Å². The molecule has 5 nitrogen and oxygen atoms in total. The first kappa shape index (κ1) is 17.1. The molecule has 1 saturated carbocycles. The Morgan fingerprint density at radius 2 is 1.92 bits per heavy atom. The normalized spacial score (nSPS) is 26.8. The van der Waals surface area contributed by atoms with Crippen molar-refractivity contribution >= 4 is 23.5 Å². The van der Waals surface area contributed by atoms with Crippen molar-refractivity contribution < 1.29 is 14.3 Å². The number of hydrogen-bond donors (Lipinski definition) is 1. The van der Waals surface area contributed by atoms with Crippen molar-refractivity contribution in [2.45, 2.75) is 44.6 Å². The molecule has 0 bridgehead atoms. The summed E-state index contributed by atoms with van der Waals surface area (Å²) in [6, 6.07) is 6.87. The van der Waals surface area contributed by atoms with Crippen LogP contribution in [0.25, 0.3) is 0 Å². The standard InChI is InChI=1S/C18H23ClN2O3/c1-13-7-9-18(10-8-13)16(22)21(17(23)20-18)11-2-12-24-15-5-3-14(19)4-6-15/h3-6,13H,2,7-12H2,1H3,(H,20,23). The van der Waals surface area contributed by atoms with Crippen LogP contribution in [-0.4, -0.2) is 35.5 Å². The molecule has 1 N–H and O–H groups in total. The van der Waals surface area contributed by atoms with E-state index >= 15 is 0 Å². The number of benzene rings is 1. The van der Waals surface area contributed by atoms with Crippen LogP contribution in [0.5, 0.6) is 5.75 Å². The Labute approximate surface area is 147 Å². The molecule has 1 spiro atoms. The van der Waals surface area contributed by atoms with Crippen LogP contribution in [0.3, 0.4) is 0 Å². The van der Waals surface area contributed by atoms with E-state index in [0.717, 1.165) is 31.4 Å². The van der Waals surface area contributed by atoms with Crippen LogP contribution in [0.2, 0.25) is 5.02 Å². The summed E-state index contributed by atoms with van der Waals surface area (Å²) in [5.41, 5.74) is -0.652. The van der Waals surface area contributed by atoms with Gasteiger partial charge in [-0.1, -0.05) is 18.5 Å². The molecule has 1 saturated heterocycles. The lowest BCUT2D eigenvalue weighted by Crippen LogP contribution is -2.49. The molecule has 130 valence electrons. The predicted octanol–water partition coefficient (Wildman–Crippen LogP) is 3.61. The van der Waals surface area contributed by atoms with Gasteiger partial charge in [-0.05, 0) is 62.3 Å². The molecule has 1 heterocycles. The van der Waals surface area contributed by atoms with E-state index in [9.17, 15) is 9.59 Å². The lowest BCUT2D eigenvalue weighted by atomic mass is 9.77.